The van der Waals surface area contributed by atoms with E-state index in [4.69, 9.17) is 4.78 Å². The van der Waals surface area contributed by atoms with Crippen LogP contribution in [0.5, 0.6) is 0 Å². The average Bonchev–Trinajstić information content (AvgIpc) is 2.51. The van der Waals surface area contributed by atoms with E-state index in [1.54, 1.807) is 30.9 Å². The summed E-state index contributed by atoms with van der Waals surface area (Å²) in [6.45, 7) is 6.25. The molecule has 80 valence electrons. The predicted octanol–water partition coefficient (Wildman–Crippen LogP) is 1.69. The zero-order valence-corrected chi connectivity index (χ0v) is 9.47. The van der Waals surface area contributed by atoms with Gasteiger partial charge in [0.1, 0.15) is 9.92 Å². The van der Waals surface area contributed by atoms with E-state index in [9.17, 15) is 4.21 Å². The maximum absolute atomic E-state index is 11.7. The molecule has 0 saturated carbocycles. The molecular weight excluding hydrogens is 200 g/mol. The number of aromatic nitrogens is 2. The van der Waals surface area contributed by atoms with Crippen LogP contribution < -0.4 is 4.72 Å². The highest BCUT2D eigenvalue weighted by Crippen LogP contribution is 2.10. The monoisotopic (exact) mass is 216 g/mol. The molecule has 1 atom stereocenters. The minimum Gasteiger partial charge on any atom is -0.296 e. The fourth-order valence-electron chi connectivity index (χ4n) is 0.882. The van der Waals surface area contributed by atoms with Crippen molar-refractivity contribution in [3.63, 3.8) is 0 Å². The van der Waals surface area contributed by atoms with Crippen LogP contribution in [0.15, 0.2) is 12.4 Å². The number of rotatable bonds is 4. The molecule has 0 aliphatic carbocycles. The maximum Gasteiger partial charge on any atom is 0.129 e. The summed E-state index contributed by atoms with van der Waals surface area (Å²) >= 11 is 0. The molecule has 0 aromatic carbocycles. The fraction of sp³-hybridized carbons (Fsp3) is 0.625. The maximum atomic E-state index is 11.7. The van der Waals surface area contributed by atoms with Gasteiger partial charge in [-0.15, -0.1) is 0 Å². The Hall–Kier alpha value is -1.04. The van der Waals surface area contributed by atoms with Gasteiger partial charge in [-0.05, 0) is 20.8 Å². The highest BCUT2D eigenvalue weighted by Gasteiger charge is 2.11. The van der Waals surface area contributed by atoms with Crippen molar-refractivity contribution in [2.24, 2.45) is 0 Å². The first-order valence-electron chi connectivity index (χ1n) is 4.53. The molecule has 0 aliphatic rings. The summed E-state index contributed by atoms with van der Waals surface area (Å²) in [5.74, 6) is 0. The zero-order valence-electron chi connectivity index (χ0n) is 8.65. The number of hydrogen-bond acceptors (Lipinski definition) is 3. The Morgan fingerprint density at radius 3 is 2.79 bits per heavy atom. The van der Waals surface area contributed by atoms with Crippen molar-refractivity contribution in [2.75, 3.05) is 4.72 Å². The van der Waals surface area contributed by atoms with Crippen LogP contribution in [0.3, 0.4) is 0 Å². The van der Waals surface area contributed by atoms with Crippen LogP contribution in [0.1, 0.15) is 20.8 Å². The van der Waals surface area contributed by atoms with E-state index >= 15 is 0 Å². The van der Waals surface area contributed by atoms with E-state index < -0.39 is 9.92 Å². The molecule has 1 unspecified atom stereocenters. The van der Waals surface area contributed by atoms with Crippen molar-refractivity contribution in [3.05, 3.63) is 12.4 Å². The summed E-state index contributed by atoms with van der Waals surface area (Å²) in [5, 5.41) is 3.81. The lowest BCUT2D eigenvalue weighted by Crippen LogP contribution is -2.20. The van der Waals surface area contributed by atoms with Crippen LogP contribution >= 0.6 is 0 Å². The van der Waals surface area contributed by atoms with Crippen LogP contribution in [-0.2, 0) is 16.5 Å². The van der Waals surface area contributed by atoms with Crippen LogP contribution in [0, 0.1) is 4.78 Å². The summed E-state index contributed by atoms with van der Waals surface area (Å²) in [6.07, 6.45) is 3.33. The number of hydrogen-bond donors (Lipinski definition) is 2. The van der Waals surface area contributed by atoms with E-state index in [0.717, 1.165) is 6.54 Å². The predicted molar refractivity (Wildman–Crippen MR) is 57.5 cm³/mol. The van der Waals surface area contributed by atoms with E-state index in [1.165, 1.54) is 0 Å². The Kier molecular flexibility index (Phi) is 3.15. The largest absolute Gasteiger partial charge is 0.296 e. The molecule has 0 saturated heterocycles. The second-order valence-electron chi connectivity index (χ2n) is 3.34. The van der Waals surface area contributed by atoms with E-state index in [-0.39, 0.29) is 5.25 Å². The highest BCUT2D eigenvalue weighted by atomic mass is 32.2. The van der Waals surface area contributed by atoms with E-state index in [0.29, 0.717) is 5.69 Å². The number of aryl methyl sites for hydroxylation is 1. The molecule has 1 aromatic heterocycles. The van der Waals surface area contributed by atoms with Crippen LogP contribution in [0.4, 0.5) is 5.69 Å². The standard InChI is InChI=1S/C8H16N4OS/c1-4-12-6-8(5-10-12)11-14(9,13)7(2)3/h5-7H,4H2,1-3H3,(H2,9,11,13). The Labute approximate surface area is 84.6 Å². The first kappa shape index (κ1) is 11.0. The average molecular weight is 216 g/mol. The molecule has 0 amide bonds. The molecule has 2 N–H and O–H groups in total. The molecule has 0 spiro atoms. The lowest BCUT2D eigenvalue weighted by Gasteiger charge is -2.11. The second kappa shape index (κ2) is 4.00. The van der Waals surface area contributed by atoms with Crippen molar-refractivity contribution in [1.29, 1.82) is 4.78 Å². The van der Waals surface area contributed by atoms with Gasteiger partial charge in [-0.3, -0.25) is 9.40 Å². The summed E-state index contributed by atoms with van der Waals surface area (Å²) in [5.41, 5.74) is 0.639. The minimum absolute atomic E-state index is 0.215. The first-order valence-corrected chi connectivity index (χ1v) is 6.15. The molecule has 5 nitrogen and oxygen atoms in total. The summed E-state index contributed by atoms with van der Waals surface area (Å²) < 4.78 is 23.6. The third-order valence-corrected chi connectivity index (χ3v) is 3.76. The summed E-state index contributed by atoms with van der Waals surface area (Å²) in [7, 11) is -2.75. The molecular formula is C8H16N4OS. The Morgan fingerprint density at radius 2 is 2.36 bits per heavy atom. The van der Waals surface area contributed by atoms with Gasteiger partial charge in [-0.2, -0.15) is 5.10 Å². The SMILES string of the molecule is CCn1cc(NS(=N)(=O)C(C)C)cn1. The van der Waals surface area contributed by atoms with Crippen molar-refractivity contribution in [2.45, 2.75) is 32.6 Å². The van der Waals surface area contributed by atoms with Gasteiger partial charge in [0.25, 0.3) is 0 Å². The van der Waals surface area contributed by atoms with E-state index in [2.05, 4.69) is 9.82 Å². The quantitative estimate of drug-likeness (QED) is 0.804. The molecule has 0 aliphatic heterocycles. The van der Waals surface area contributed by atoms with Gasteiger partial charge in [0, 0.05) is 12.7 Å². The molecule has 0 radical (unpaired) electrons. The van der Waals surface area contributed by atoms with Gasteiger partial charge in [-0.1, -0.05) is 0 Å². The second-order valence-corrected chi connectivity index (χ2v) is 5.68. The van der Waals surface area contributed by atoms with Crippen molar-refractivity contribution in [1.82, 2.24) is 9.78 Å². The molecule has 0 bridgehead atoms. The molecule has 1 aromatic rings. The van der Waals surface area contributed by atoms with Gasteiger partial charge in [0.15, 0.2) is 0 Å². The van der Waals surface area contributed by atoms with Crippen LogP contribution in [0.2, 0.25) is 0 Å². The van der Waals surface area contributed by atoms with Gasteiger partial charge in [0.2, 0.25) is 0 Å². The Balaban J connectivity index is 2.79. The van der Waals surface area contributed by atoms with Crippen LogP contribution in [0.25, 0.3) is 0 Å². The van der Waals surface area contributed by atoms with Gasteiger partial charge >= 0.3 is 0 Å². The third-order valence-electron chi connectivity index (χ3n) is 1.89. The topological polar surface area (TPSA) is 70.8 Å². The van der Waals surface area contributed by atoms with Gasteiger partial charge in [0.05, 0.1) is 17.1 Å². The highest BCUT2D eigenvalue weighted by molar-refractivity contribution is 7.94. The molecule has 1 heterocycles. The van der Waals surface area contributed by atoms with Crippen molar-refractivity contribution in [3.8, 4) is 0 Å². The normalized spacial score (nSPS) is 15.4. The number of anilines is 1. The van der Waals surface area contributed by atoms with Crippen LogP contribution in [-0.4, -0.2) is 19.2 Å². The number of nitrogens with zero attached hydrogens (tertiary/aromatic N) is 2. The summed E-state index contributed by atoms with van der Waals surface area (Å²) in [6, 6.07) is 0. The smallest absolute Gasteiger partial charge is 0.129 e. The Bertz CT molecular complexity index is 393. The molecule has 6 heteroatoms. The molecule has 0 fully saturated rings. The lowest BCUT2D eigenvalue weighted by molar-refractivity contribution is 0.660. The summed E-state index contributed by atoms with van der Waals surface area (Å²) in [4.78, 5) is 0. The van der Waals surface area contributed by atoms with E-state index in [1.807, 2.05) is 6.92 Å². The minimum atomic E-state index is -2.75. The lowest BCUT2D eigenvalue weighted by atomic mass is 10.6. The van der Waals surface area contributed by atoms with Gasteiger partial charge < -0.3 is 0 Å². The van der Waals surface area contributed by atoms with Crippen molar-refractivity contribution < 1.29 is 4.21 Å². The number of nitrogens with one attached hydrogen (secondary N) is 2. The fourth-order valence-corrected chi connectivity index (χ4v) is 1.57. The van der Waals surface area contributed by atoms with Crippen molar-refractivity contribution >= 4 is 15.6 Å². The first-order chi connectivity index (χ1) is 6.45. The third kappa shape index (κ3) is 2.47. The zero-order chi connectivity index (χ0) is 10.8. The Morgan fingerprint density at radius 1 is 1.71 bits per heavy atom. The van der Waals surface area contributed by atoms with Gasteiger partial charge in [-0.25, -0.2) is 8.99 Å². The molecule has 14 heavy (non-hydrogen) atoms. The molecule has 1 rings (SSSR count).